The highest BCUT2D eigenvalue weighted by molar-refractivity contribution is 5.94. The number of nitrogens with one attached hydrogen (secondary N) is 1. The van der Waals surface area contributed by atoms with Crippen molar-refractivity contribution in [3.63, 3.8) is 0 Å². The van der Waals surface area contributed by atoms with Gasteiger partial charge in [0.25, 0.3) is 18.4 Å². The zero-order valence-electron chi connectivity index (χ0n) is 16.3. The molecular weight excluding hydrogens is 404 g/mol. The van der Waals surface area contributed by atoms with E-state index in [9.17, 15) is 27.5 Å². The minimum absolute atomic E-state index is 0.0583. The summed E-state index contributed by atoms with van der Waals surface area (Å²) in [6.45, 7) is 4.16. The molecule has 3 rings (SSSR count). The number of hydrazine groups is 1. The van der Waals surface area contributed by atoms with Gasteiger partial charge in [-0.15, -0.1) is 0 Å². The molecule has 1 unspecified atom stereocenters. The summed E-state index contributed by atoms with van der Waals surface area (Å²) >= 11 is 0. The van der Waals surface area contributed by atoms with Gasteiger partial charge in [-0.05, 0) is 54.8 Å². The van der Waals surface area contributed by atoms with Crippen molar-refractivity contribution in [2.75, 3.05) is 0 Å². The smallest absolute Gasteiger partial charge is 0.291 e. The Kier molecular flexibility index (Phi) is 6.02. The van der Waals surface area contributed by atoms with Gasteiger partial charge in [0, 0.05) is 5.56 Å². The number of amides is 1. The lowest BCUT2D eigenvalue weighted by atomic mass is 10.1. The Hall–Kier alpha value is -3.07. The fourth-order valence-corrected chi connectivity index (χ4v) is 2.96. The van der Waals surface area contributed by atoms with Crippen LogP contribution >= 0.6 is 0 Å². The van der Waals surface area contributed by atoms with Gasteiger partial charge in [-0.3, -0.25) is 10.2 Å². The first-order chi connectivity index (χ1) is 14.1. The Labute approximate surface area is 170 Å². The highest BCUT2D eigenvalue weighted by Crippen LogP contribution is 2.35. The molecule has 1 fully saturated rings. The standard InChI is InChI=1S/C21H20F4N2O3/c1-12-3-8-16(9-13(12)2)30-11-14-4-6-15(7-5-14)19(28)27-21(29,20(24)25)10-17(26-27)18(22)23/h3-9,20,26,29H,10-11H2,1-2H3. The molecule has 1 aliphatic heterocycles. The summed E-state index contributed by atoms with van der Waals surface area (Å²) in [4.78, 5) is 12.6. The Bertz CT molecular complexity index is 975. The van der Waals surface area contributed by atoms with Gasteiger partial charge in [0.2, 0.25) is 5.72 Å². The molecule has 30 heavy (non-hydrogen) atoms. The number of aryl methyl sites for hydroxylation is 2. The Balaban J connectivity index is 1.72. The van der Waals surface area contributed by atoms with Gasteiger partial charge in [0.15, 0.2) is 0 Å². The van der Waals surface area contributed by atoms with Crippen molar-refractivity contribution in [3.8, 4) is 5.75 Å². The predicted molar refractivity (Wildman–Crippen MR) is 101 cm³/mol. The van der Waals surface area contributed by atoms with Crippen molar-refractivity contribution in [2.45, 2.75) is 39.0 Å². The summed E-state index contributed by atoms with van der Waals surface area (Å²) in [6, 6.07) is 11.5. The largest absolute Gasteiger partial charge is 0.489 e. The first kappa shape index (κ1) is 21.6. The van der Waals surface area contributed by atoms with Crippen LogP contribution in [0, 0.1) is 13.8 Å². The lowest BCUT2D eigenvalue weighted by Gasteiger charge is -2.31. The topological polar surface area (TPSA) is 61.8 Å². The van der Waals surface area contributed by atoms with E-state index in [0.29, 0.717) is 11.3 Å². The minimum Gasteiger partial charge on any atom is -0.489 e. The maximum Gasteiger partial charge on any atom is 0.291 e. The van der Waals surface area contributed by atoms with Crippen LogP contribution in [0.3, 0.4) is 0 Å². The van der Waals surface area contributed by atoms with Crippen molar-refractivity contribution in [3.05, 3.63) is 76.5 Å². The van der Waals surface area contributed by atoms with Crippen LogP contribution in [-0.4, -0.2) is 28.2 Å². The first-order valence-electron chi connectivity index (χ1n) is 9.06. The number of halogens is 4. The summed E-state index contributed by atoms with van der Waals surface area (Å²) in [5.74, 6) is -0.384. The number of carbonyl (C=O) groups excluding carboxylic acids is 1. The highest BCUT2D eigenvalue weighted by atomic mass is 19.3. The van der Waals surface area contributed by atoms with Crippen LogP contribution < -0.4 is 10.2 Å². The van der Waals surface area contributed by atoms with E-state index >= 15 is 0 Å². The maximum atomic E-state index is 13.3. The molecule has 1 saturated heterocycles. The number of hydrogen-bond acceptors (Lipinski definition) is 4. The van der Waals surface area contributed by atoms with Crippen molar-refractivity contribution in [1.29, 1.82) is 0 Å². The van der Waals surface area contributed by atoms with Gasteiger partial charge in [-0.1, -0.05) is 18.2 Å². The van der Waals surface area contributed by atoms with E-state index in [0.717, 1.165) is 11.1 Å². The average molecular weight is 424 g/mol. The predicted octanol–water partition coefficient (Wildman–Crippen LogP) is 4.29. The molecule has 0 radical (unpaired) electrons. The molecule has 0 saturated carbocycles. The number of hydrogen-bond donors (Lipinski definition) is 2. The van der Waals surface area contributed by atoms with E-state index in [2.05, 4.69) is 0 Å². The van der Waals surface area contributed by atoms with Crippen molar-refractivity contribution < 1.29 is 32.2 Å². The molecule has 1 aliphatic rings. The van der Waals surface area contributed by atoms with Gasteiger partial charge >= 0.3 is 0 Å². The number of benzene rings is 2. The van der Waals surface area contributed by atoms with Crippen LogP contribution in [0.5, 0.6) is 5.75 Å². The molecule has 2 aromatic carbocycles. The number of alkyl halides is 2. The number of nitrogens with zero attached hydrogens (tertiary/aromatic N) is 1. The molecule has 2 N–H and O–H groups in total. The number of ether oxygens (including phenoxy) is 1. The SMILES string of the molecule is Cc1ccc(OCc2ccc(C(=O)N3NC(=C(F)F)CC3(O)C(F)F)cc2)cc1C. The molecule has 160 valence electrons. The summed E-state index contributed by atoms with van der Waals surface area (Å²) in [5.41, 5.74) is 0.759. The van der Waals surface area contributed by atoms with E-state index in [1.54, 1.807) is 12.1 Å². The number of carbonyl (C=O) groups is 1. The normalized spacial score (nSPS) is 18.5. The molecule has 0 aromatic heterocycles. The third kappa shape index (κ3) is 4.25. The minimum atomic E-state index is -3.45. The lowest BCUT2D eigenvalue weighted by molar-refractivity contribution is -0.168. The summed E-state index contributed by atoms with van der Waals surface area (Å²) in [7, 11) is 0. The monoisotopic (exact) mass is 424 g/mol. The number of aliphatic hydroxyl groups is 1. The van der Waals surface area contributed by atoms with E-state index < -0.39 is 36.3 Å². The van der Waals surface area contributed by atoms with Gasteiger partial charge in [0.1, 0.15) is 18.1 Å². The third-order valence-electron chi connectivity index (χ3n) is 4.94. The van der Waals surface area contributed by atoms with Crippen LogP contribution in [-0.2, 0) is 6.61 Å². The van der Waals surface area contributed by atoms with Crippen LogP contribution in [0.25, 0.3) is 0 Å². The summed E-state index contributed by atoms with van der Waals surface area (Å²) < 4.78 is 57.9. The molecule has 1 amide bonds. The Morgan fingerprint density at radius 2 is 1.83 bits per heavy atom. The summed E-state index contributed by atoms with van der Waals surface area (Å²) in [6.07, 6.45) is -6.82. The molecule has 9 heteroatoms. The van der Waals surface area contributed by atoms with Crippen LogP contribution in [0.4, 0.5) is 17.6 Å². The van der Waals surface area contributed by atoms with Gasteiger partial charge < -0.3 is 9.84 Å². The van der Waals surface area contributed by atoms with E-state index in [4.69, 9.17) is 4.74 Å². The molecule has 0 bridgehead atoms. The molecule has 0 spiro atoms. The Morgan fingerprint density at radius 1 is 1.17 bits per heavy atom. The number of rotatable bonds is 5. The molecule has 2 aromatic rings. The highest BCUT2D eigenvalue weighted by Gasteiger charge is 2.53. The van der Waals surface area contributed by atoms with E-state index in [1.807, 2.05) is 37.5 Å². The second-order valence-corrected chi connectivity index (χ2v) is 7.08. The summed E-state index contributed by atoms with van der Waals surface area (Å²) in [5, 5.41) is 10.2. The molecule has 5 nitrogen and oxygen atoms in total. The lowest BCUT2D eigenvalue weighted by Crippen LogP contribution is -2.55. The van der Waals surface area contributed by atoms with Crippen LogP contribution in [0.1, 0.15) is 33.5 Å². The van der Waals surface area contributed by atoms with Crippen molar-refractivity contribution in [1.82, 2.24) is 10.4 Å². The second-order valence-electron chi connectivity index (χ2n) is 7.08. The zero-order valence-corrected chi connectivity index (χ0v) is 16.3. The van der Waals surface area contributed by atoms with Gasteiger partial charge in [-0.2, -0.15) is 8.78 Å². The van der Waals surface area contributed by atoms with Gasteiger partial charge in [0.05, 0.1) is 6.42 Å². The fourth-order valence-electron chi connectivity index (χ4n) is 2.96. The van der Waals surface area contributed by atoms with E-state index in [1.165, 1.54) is 12.1 Å². The fraction of sp³-hybridized carbons (Fsp3) is 0.286. The van der Waals surface area contributed by atoms with E-state index in [-0.39, 0.29) is 17.2 Å². The average Bonchev–Trinajstić information content (AvgIpc) is 3.08. The molecule has 0 aliphatic carbocycles. The van der Waals surface area contributed by atoms with Gasteiger partial charge in [-0.25, -0.2) is 13.8 Å². The van der Waals surface area contributed by atoms with Crippen molar-refractivity contribution >= 4 is 5.91 Å². The molecule has 1 heterocycles. The third-order valence-corrected chi connectivity index (χ3v) is 4.94. The Morgan fingerprint density at radius 3 is 2.40 bits per heavy atom. The molecule has 1 atom stereocenters. The second kappa shape index (κ2) is 8.35. The van der Waals surface area contributed by atoms with Crippen molar-refractivity contribution in [2.24, 2.45) is 0 Å². The quantitative estimate of drug-likeness (QED) is 0.703. The van der Waals surface area contributed by atoms with Crippen LogP contribution in [0.2, 0.25) is 0 Å². The zero-order chi connectivity index (χ0) is 22.1. The first-order valence-corrected chi connectivity index (χ1v) is 9.06. The van der Waals surface area contributed by atoms with Crippen LogP contribution in [0.15, 0.2) is 54.2 Å². The molecular formula is C21H20F4N2O3. The maximum absolute atomic E-state index is 13.3.